The summed E-state index contributed by atoms with van der Waals surface area (Å²) in [6, 6.07) is 13.3. The molecule has 1 heterocycles. The number of hydrogen-bond donors (Lipinski definition) is 1. The van der Waals surface area contributed by atoms with Gasteiger partial charge in [-0.25, -0.2) is 0 Å². The Kier molecular flexibility index (Phi) is 5.12. The SMILES string of the molecule is COc1ccc(NC(C)C(=O)N2CCCc3ccccc32)cc1OC. The van der Waals surface area contributed by atoms with Gasteiger partial charge in [0.1, 0.15) is 6.04 Å². The van der Waals surface area contributed by atoms with Crippen LogP contribution in [0.4, 0.5) is 11.4 Å². The highest BCUT2D eigenvalue weighted by Gasteiger charge is 2.26. The predicted molar refractivity (Wildman–Crippen MR) is 99.7 cm³/mol. The lowest BCUT2D eigenvalue weighted by atomic mass is 10.0. The molecule has 25 heavy (non-hydrogen) atoms. The monoisotopic (exact) mass is 340 g/mol. The molecule has 2 aromatic rings. The van der Waals surface area contributed by atoms with Crippen molar-refractivity contribution in [1.82, 2.24) is 0 Å². The zero-order valence-corrected chi connectivity index (χ0v) is 14.9. The highest BCUT2D eigenvalue weighted by molar-refractivity contribution is 5.99. The molecule has 0 saturated heterocycles. The van der Waals surface area contributed by atoms with Crippen molar-refractivity contribution in [2.45, 2.75) is 25.8 Å². The number of rotatable bonds is 5. The zero-order chi connectivity index (χ0) is 17.8. The zero-order valence-electron chi connectivity index (χ0n) is 14.9. The molecule has 0 saturated carbocycles. The normalized spacial score (nSPS) is 14.4. The number of anilines is 2. The van der Waals surface area contributed by atoms with Gasteiger partial charge < -0.3 is 19.7 Å². The minimum atomic E-state index is -0.343. The molecule has 1 unspecified atom stereocenters. The number of para-hydroxylation sites is 1. The average Bonchev–Trinajstić information content (AvgIpc) is 2.66. The van der Waals surface area contributed by atoms with Crippen LogP contribution in [0, 0.1) is 0 Å². The number of nitrogens with zero attached hydrogens (tertiary/aromatic N) is 1. The van der Waals surface area contributed by atoms with Gasteiger partial charge in [0.25, 0.3) is 0 Å². The summed E-state index contributed by atoms with van der Waals surface area (Å²) >= 11 is 0. The Bertz CT molecular complexity index is 760. The van der Waals surface area contributed by atoms with Gasteiger partial charge in [0.05, 0.1) is 14.2 Å². The molecule has 5 heteroatoms. The maximum atomic E-state index is 13.0. The Hall–Kier alpha value is -2.69. The van der Waals surface area contributed by atoms with Gasteiger partial charge in [-0.3, -0.25) is 4.79 Å². The maximum Gasteiger partial charge on any atom is 0.249 e. The molecular weight excluding hydrogens is 316 g/mol. The smallest absolute Gasteiger partial charge is 0.249 e. The summed E-state index contributed by atoms with van der Waals surface area (Å²) in [6.07, 6.45) is 2.02. The second-order valence-electron chi connectivity index (χ2n) is 6.16. The van der Waals surface area contributed by atoms with Crippen LogP contribution in [-0.4, -0.2) is 32.7 Å². The number of ether oxygens (including phenoxy) is 2. The number of carbonyl (C=O) groups is 1. The van der Waals surface area contributed by atoms with E-state index in [0.717, 1.165) is 30.8 Å². The van der Waals surface area contributed by atoms with Crippen LogP contribution in [0.5, 0.6) is 11.5 Å². The summed E-state index contributed by atoms with van der Waals surface area (Å²) in [5.74, 6) is 1.37. The third kappa shape index (κ3) is 3.55. The second-order valence-corrected chi connectivity index (χ2v) is 6.16. The first-order valence-electron chi connectivity index (χ1n) is 8.52. The van der Waals surface area contributed by atoms with Gasteiger partial charge in [0.15, 0.2) is 11.5 Å². The topological polar surface area (TPSA) is 50.8 Å². The van der Waals surface area contributed by atoms with Gasteiger partial charge in [0, 0.05) is 24.0 Å². The minimum absolute atomic E-state index is 0.0712. The third-order valence-electron chi connectivity index (χ3n) is 4.51. The van der Waals surface area contributed by atoms with E-state index in [9.17, 15) is 4.79 Å². The van der Waals surface area contributed by atoms with E-state index < -0.39 is 0 Å². The second kappa shape index (κ2) is 7.47. The van der Waals surface area contributed by atoms with Gasteiger partial charge >= 0.3 is 0 Å². The van der Waals surface area contributed by atoms with Crippen molar-refractivity contribution < 1.29 is 14.3 Å². The lowest BCUT2D eigenvalue weighted by molar-refractivity contribution is -0.119. The molecule has 0 aromatic heterocycles. The van der Waals surface area contributed by atoms with Crippen molar-refractivity contribution in [1.29, 1.82) is 0 Å². The van der Waals surface area contributed by atoms with E-state index >= 15 is 0 Å². The molecule has 2 aromatic carbocycles. The summed E-state index contributed by atoms with van der Waals surface area (Å²) < 4.78 is 10.6. The molecule has 3 rings (SSSR count). The summed E-state index contributed by atoms with van der Waals surface area (Å²) in [6.45, 7) is 2.64. The third-order valence-corrected chi connectivity index (χ3v) is 4.51. The molecule has 5 nitrogen and oxygen atoms in total. The first-order valence-corrected chi connectivity index (χ1v) is 8.52. The van der Waals surface area contributed by atoms with E-state index in [-0.39, 0.29) is 11.9 Å². The van der Waals surface area contributed by atoms with Crippen molar-refractivity contribution in [3.8, 4) is 11.5 Å². The van der Waals surface area contributed by atoms with Crippen LogP contribution in [0.15, 0.2) is 42.5 Å². The van der Waals surface area contributed by atoms with E-state index in [0.29, 0.717) is 11.5 Å². The van der Waals surface area contributed by atoms with Crippen LogP contribution in [0.3, 0.4) is 0 Å². The molecule has 1 aliphatic heterocycles. The van der Waals surface area contributed by atoms with Crippen molar-refractivity contribution in [2.24, 2.45) is 0 Å². The van der Waals surface area contributed by atoms with Gasteiger partial charge in [0.2, 0.25) is 5.91 Å². The predicted octanol–water partition coefficient (Wildman–Crippen LogP) is 3.48. The quantitative estimate of drug-likeness (QED) is 0.905. The highest BCUT2D eigenvalue weighted by atomic mass is 16.5. The van der Waals surface area contributed by atoms with Crippen molar-refractivity contribution in [3.05, 3.63) is 48.0 Å². The molecule has 132 valence electrons. The lowest BCUT2D eigenvalue weighted by Gasteiger charge is -2.32. The molecular formula is C20H24N2O3. The number of carbonyl (C=O) groups excluding carboxylic acids is 1. The number of fused-ring (bicyclic) bond motifs is 1. The van der Waals surface area contributed by atoms with Crippen molar-refractivity contribution in [3.63, 3.8) is 0 Å². The molecule has 0 fully saturated rings. The highest BCUT2D eigenvalue weighted by Crippen LogP contribution is 2.31. The number of methoxy groups -OCH3 is 2. The summed E-state index contributed by atoms with van der Waals surface area (Å²) in [5, 5.41) is 3.27. The lowest BCUT2D eigenvalue weighted by Crippen LogP contribution is -2.44. The first-order chi connectivity index (χ1) is 12.1. The van der Waals surface area contributed by atoms with Gasteiger partial charge in [-0.2, -0.15) is 0 Å². The molecule has 0 spiro atoms. The Morgan fingerprint density at radius 3 is 2.64 bits per heavy atom. The van der Waals surface area contributed by atoms with Crippen LogP contribution >= 0.6 is 0 Å². The maximum absolute atomic E-state index is 13.0. The van der Waals surface area contributed by atoms with Crippen LogP contribution in [0.25, 0.3) is 0 Å². The van der Waals surface area contributed by atoms with Gasteiger partial charge in [-0.15, -0.1) is 0 Å². The summed E-state index contributed by atoms with van der Waals surface area (Å²) in [5.41, 5.74) is 3.09. The Labute approximate surface area is 148 Å². The summed E-state index contributed by atoms with van der Waals surface area (Å²) in [4.78, 5) is 14.8. The number of nitrogens with one attached hydrogen (secondary N) is 1. The summed E-state index contributed by atoms with van der Waals surface area (Å²) in [7, 11) is 3.20. The standard InChI is InChI=1S/C20H24N2O3/c1-14(21-16-10-11-18(24-2)19(13-16)25-3)20(23)22-12-6-8-15-7-4-5-9-17(15)22/h4-5,7,9-11,13-14,21H,6,8,12H2,1-3H3. The first kappa shape index (κ1) is 17.1. The van der Waals surface area contributed by atoms with Crippen LogP contribution in [-0.2, 0) is 11.2 Å². The number of amides is 1. The van der Waals surface area contributed by atoms with Crippen molar-refractivity contribution in [2.75, 3.05) is 31.0 Å². The fraction of sp³-hybridized carbons (Fsp3) is 0.350. The molecule has 0 aliphatic carbocycles. The van der Waals surface area contributed by atoms with E-state index in [4.69, 9.17) is 9.47 Å². The molecule has 0 bridgehead atoms. The van der Waals surface area contributed by atoms with E-state index in [1.165, 1.54) is 5.56 Å². The van der Waals surface area contributed by atoms with Gasteiger partial charge in [-0.1, -0.05) is 18.2 Å². The van der Waals surface area contributed by atoms with Crippen LogP contribution in [0.2, 0.25) is 0 Å². The van der Waals surface area contributed by atoms with Crippen LogP contribution in [0.1, 0.15) is 18.9 Å². The fourth-order valence-electron chi connectivity index (χ4n) is 3.23. The average molecular weight is 340 g/mol. The van der Waals surface area contributed by atoms with Crippen LogP contribution < -0.4 is 19.7 Å². The molecule has 0 radical (unpaired) electrons. The number of hydrogen-bond acceptors (Lipinski definition) is 4. The molecule has 1 aliphatic rings. The van der Waals surface area contributed by atoms with E-state index in [2.05, 4.69) is 11.4 Å². The Morgan fingerprint density at radius 2 is 1.88 bits per heavy atom. The Balaban J connectivity index is 1.76. The van der Waals surface area contributed by atoms with Crippen molar-refractivity contribution >= 4 is 17.3 Å². The van der Waals surface area contributed by atoms with Gasteiger partial charge in [-0.05, 0) is 43.5 Å². The largest absolute Gasteiger partial charge is 0.493 e. The fourth-order valence-corrected chi connectivity index (χ4v) is 3.23. The number of aryl methyl sites for hydroxylation is 1. The molecule has 1 N–H and O–H groups in total. The molecule has 1 amide bonds. The number of benzene rings is 2. The Morgan fingerprint density at radius 1 is 1.12 bits per heavy atom. The van der Waals surface area contributed by atoms with E-state index in [1.807, 2.05) is 48.2 Å². The minimum Gasteiger partial charge on any atom is -0.493 e. The molecule has 1 atom stereocenters. The van der Waals surface area contributed by atoms with E-state index in [1.54, 1.807) is 14.2 Å².